The van der Waals surface area contributed by atoms with Gasteiger partial charge in [-0.15, -0.1) is 0 Å². The molecule has 0 aromatic heterocycles. The zero-order chi connectivity index (χ0) is 15.6. The molecule has 0 radical (unpaired) electrons. The van der Waals surface area contributed by atoms with Crippen molar-refractivity contribution >= 4 is 29.4 Å². The predicted octanol–water partition coefficient (Wildman–Crippen LogP) is 5.10. The third-order valence-electron chi connectivity index (χ3n) is 3.54. The van der Waals surface area contributed by atoms with Crippen LogP contribution >= 0.6 is 23.2 Å². The van der Waals surface area contributed by atoms with Crippen LogP contribution in [0.1, 0.15) is 18.1 Å². The van der Waals surface area contributed by atoms with Crippen molar-refractivity contribution in [2.75, 3.05) is 7.11 Å². The van der Waals surface area contributed by atoms with E-state index in [2.05, 4.69) is 0 Å². The number of hydrogen-bond donors (Lipinski definition) is 1. The highest BCUT2D eigenvalue weighted by atomic mass is 35.5. The van der Waals surface area contributed by atoms with Crippen LogP contribution in [-0.4, -0.2) is 13.3 Å². The minimum absolute atomic E-state index is 0.124. The summed E-state index contributed by atoms with van der Waals surface area (Å²) in [6, 6.07) is 9.93. The van der Waals surface area contributed by atoms with Crippen molar-refractivity contribution < 1.29 is 9.13 Å². The first kappa shape index (κ1) is 15.8. The molecule has 110 valence electrons. The van der Waals surface area contributed by atoms with E-state index in [4.69, 9.17) is 33.3 Å². The van der Waals surface area contributed by atoms with Crippen molar-refractivity contribution in [3.05, 3.63) is 63.4 Å². The Morgan fingerprint density at radius 2 is 1.76 bits per heavy atom. The lowest BCUT2D eigenvalue weighted by Crippen LogP contribution is -2.27. The van der Waals surface area contributed by atoms with Gasteiger partial charge in [-0.3, -0.25) is 0 Å². The Bertz CT molecular complexity index is 690. The second-order valence-electron chi connectivity index (χ2n) is 4.77. The average molecular weight is 326 g/mol. The third-order valence-corrected chi connectivity index (χ3v) is 4.36. The normalized spacial score (nSPS) is 13.6. The molecular formula is C16H14Cl2FNO. The fraction of sp³-hybridized carbons (Fsp3) is 0.188. The molecule has 0 saturated carbocycles. The molecule has 1 N–H and O–H groups in total. The Hall–Kier alpha value is -1.58. The van der Waals surface area contributed by atoms with Gasteiger partial charge in [0.2, 0.25) is 0 Å². The number of nitrogens with one attached hydrogen (secondary N) is 1. The van der Waals surface area contributed by atoms with Gasteiger partial charge < -0.3 is 10.1 Å². The van der Waals surface area contributed by atoms with E-state index in [1.54, 1.807) is 37.3 Å². The van der Waals surface area contributed by atoms with Crippen LogP contribution in [0.2, 0.25) is 10.0 Å². The van der Waals surface area contributed by atoms with E-state index in [0.29, 0.717) is 21.2 Å². The molecule has 2 aromatic carbocycles. The molecular weight excluding hydrogens is 312 g/mol. The van der Waals surface area contributed by atoms with Gasteiger partial charge in [0.1, 0.15) is 0 Å². The SMILES string of the molecule is COc1cccc(C(C)(C=N)c2cccc(Cl)c2Cl)c1F. The first-order chi connectivity index (χ1) is 9.95. The van der Waals surface area contributed by atoms with Crippen LogP contribution in [-0.2, 0) is 5.41 Å². The molecule has 0 aliphatic rings. The Balaban J connectivity index is 2.72. The molecule has 0 heterocycles. The van der Waals surface area contributed by atoms with E-state index in [9.17, 15) is 4.39 Å². The van der Waals surface area contributed by atoms with Crippen molar-refractivity contribution in [1.82, 2.24) is 0 Å². The molecule has 0 saturated heterocycles. The Kier molecular flexibility index (Phi) is 4.55. The number of halogens is 3. The number of ether oxygens (including phenoxy) is 1. The summed E-state index contributed by atoms with van der Waals surface area (Å²) in [5.41, 5.74) is -0.166. The number of rotatable bonds is 4. The second-order valence-corrected chi connectivity index (χ2v) is 5.56. The third kappa shape index (κ3) is 2.63. The van der Waals surface area contributed by atoms with Gasteiger partial charge >= 0.3 is 0 Å². The van der Waals surface area contributed by atoms with Crippen LogP contribution in [0.15, 0.2) is 36.4 Å². The summed E-state index contributed by atoms with van der Waals surface area (Å²) >= 11 is 12.3. The molecule has 0 amide bonds. The second kappa shape index (κ2) is 6.04. The average Bonchev–Trinajstić information content (AvgIpc) is 2.49. The van der Waals surface area contributed by atoms with E-state index in [1.165, 1.54) is 13.2 Å². The van der Waals surface area contributed by atoms with Crippen LogP contribution in [0.4, 0.5) is 4.39 Å². The Morgan fingerprint density at radius 1 is 1.14 bits per heavy atom. The number of methoxy groups -OCH3 is 1. The summed E-state index contributed by atoms with van der Waals surface area (Å²) in [5, 5.41) is 8.47. The van der Waals surface area contributed by atoms with Crippen molar-refractivity contribution in [3.63, 3.8) is 0 Å². The summed E-state index contributed by atoms with van der Waals surface area (Å²) < 4.78 is 19.6. The highest BCUT2D eigenvalue weighted by Crippen LogP contribution is 2.40. The number of benzene rings is 2. The fourth-order valence-electron chi connectivity index (χ4n) is 2.28. The molecule has 0 aliphatic carbocycles. The van der Waals surface area contributed by atoms with Crippen LogP contribution in [0, 0.1) is 11.2 Å². The largest absolute Gasteiger partial charge is 0.494 e. The molecule has 2 rings (SSSR count). The zero-order valence-corrected chi connectivity index (χ0v) is 13.1. The first-order valence-electron chi connectivity index (χ1n) is 6.24. The van der Waals surface area contributed by atoms with Gasteiger partial charge in [0.05, 0.1) is 22.6 Å². The van der Waals surface area contributed by atoms with Gasteiger partial charge in [0.15, 0.2) is 11.6 Å². The minimum Gasteiger partial charge on any atom is -0.494 e. The molecule has 2 aromatic rings. The van der Waals surface area contributed by atoms with Crippen molar-refractivity contribution in [1.29, 1.82) is 5.41 Å². The predicted molar refractivity (Wildman–Crippen MR) is 84.7 cm³/mol. The lowest BCUT2D eigenvalue weighted by molar-refractivity contribution is 0.382. The molecule has 0 spiro atoms. The molecule has 1 atom stereocenters. The quantitative estimate of drug-likeness (QED) is 0.779. The highest BCUT2D eigenvalue weighted by Gasteiger charge is 2.33. The first-order valence-corrected chi connectivity index (χ1v) is 7.00. The van der Waals surface area contributed by atoms with Gasteiger partial charge in [0.25, 0.3) is 0 Å². The van der Waals surface area contributed by atoms with Crippen molar-refractivity contribution in [3.8, 4) is 5.75 Å². The standard InChI is InChI=1S/C16H14Cl2FNO/c1-16(9-20,10-5-3-7-12(17)14(10)18)11-6-4-8-13(21-2)15(11)19/h3-9,20H,1-2H3. The zero-order valence-electron chi connectivity index (χ0n) is 11.6. The van der Waals surface area contributed by atoms with E-state index in [0.717, 1.165) is 6.21 Å². The monoisotopic (exact) mass is 325 g/mol. The molecule has 0 fully saturated rings. The van der Waals surface area contributed by atoms with Crippen molar-refractivity contribution in [2.24, 2.45) is 0 Å². The van der Waals surface area contributed by atoms with Crippen LogP contribution in [0.25, 0.3) is 0 Å². The molecule has 0 bridgehead atoms. The lowest BCUT2D eigenvalue weighted by atomic mass is 9.77. The molecule has 5 heteroatoms. The Morgan fingerprint density at radius 3 is 2.38 bits per heavy atom. The summed E-state index contributed by atoms with van der Waals surface area (Å²) in [7, 11) is 1.40. The van der Waals surface area contributed by atoms with Gasteiger partial charge in [-0.25, -0.2) is 4.39 Å². The highest BCUT2D eigenvalue weighted by molar-refractivity contribution is 6.42. The van der Waals surface area contributed by atoms with E-state index < -0.39 is 11.2 Å². The minimum atomic E-state index is -1.04. The van der Waals surface area contributed by atoms with E-state index in [1.807, 2.05) is 0 Å². The summed E-state index contributed by atoms with van der Waals surface area (Å²) in [6.07, 6.45) is 1.16. The van der Waals surface area contributed by atoms with Crippen LogP contribution < -0.4 is 4.74 Å². The van der Waals surface area contributed by atoms with Crippen LogP contribution in [0.3, 0.4) is 0 Å². The maximum absolute atomic E-state index is 14.6. The van der Waals surface area contributed by atoms with Gasteiger partial charge in [-0.05, 0) is 24.6 Å². The topological polar surface area (TPSA) is 33.1 Å². The molecule has 2 nitrogen and oxygen atoms in total. The van der Waals surface area contributed by atoms with E-state index >= 15 is 0 Å². The van der Waals surface area contributed by atoms with Gasteiger partial charge in [-0.1, -0.05) is 47.5 Å². The maximum atomic E-state index is 14.6. The molecule has 0 aliphatic heterocycles. The summed E-state index contributed by atoms with van der Waals surface area (Å²) in [5.74, 6) is -0.388. The van der Waals surface area contributed by atoms with E-state index in [-0.39, 0.29) is 5.75 Å². The maximum Gasteiger partial charge on any atom is 0.169 e. The van der Waals surface area contributed by atoms with Gasteiger partial charge in [-0.2, -0.15) is 0 Å². The summed E-state index contributed by atoms with van der Waals surface area (Å²) in [4.78, 5) is 0. The molecule has 21 heavy (non-hydrogen) atoms. The smallest absolute Gasteiger partial charge is 0.169 e. The number of hydrogen-bond acceptors (Lipinski definition) is 2. The lowest BCUT2D eigenvalue weighted by Gasteiger charge is -2.28. The summed E-state index contributed by atoms with van der Waals surface area (Å²) in [6.45, 7) is 1.72. The van der Waals surface area contributed by atoms with Gasteiger partial charge in [0, 0.05) is 11.8 Å². The Labute approximate surface area is 133 Å². The molecule has 1 unspecified atom stereocenters. The van der Waals surface area contributed by atoms with Crippen LogP contribution in [0.5, 0.6) is 5.75 Å². The van der Waals surface area contributed by atoms with Crippen molar-refractivity contribution in [2.45, 2.75) is 12.3 Å². The fourth-order valence-corrected chi connectivity index (χ4v) is 2.77.